The van der Waals surface area contributed by atoms with Crippen molar-refractivity contribution < 1.29 is 9.47 Å². The molecule has 0 radical (unpaired) electrons. The predicted molar refractivity (Wildman–Crippen MR) is 96.5 cm³/mol. The Labute approximate surface area is 144 Å². The van der Waals surface area contributed by atoms with Gasteiger partial charge < -0.3 is 14.5 Å². The summed E-state index contributed by atoms with van der Waals surface area (Å²) in [7, 11) is 1.56. The molecule has 0 unspecified atom stereocenters. The molecular formula is C17H17ClN4O2. The minimum absolute atomic E-state index is 0.466. The summed E-state index contributed by atoms with van der Waals surface area (Å²) in [4.78, 5) is 7.52. The van der Waals surface area contributed by atoms with E-state index < -0.39 is 0 Å². The van der Waals surface area contributed by atoms with Crippen LogP contribution in [0.3, 0.4) is 0 Å². The number of aromatic nitrogens is 2. The highest BCUT2D eigenvalue weighted by atomic mass is 35.5. The van der Waals surface area contributed by atoms with E-state index in [-0.39, 0.29) is 0 Å². The first-order valence-electron chi connectivity index (χ1n) is 7.45. The number of hydrogen-bond donors (Lipinski definition) is 2. The third-order valence-electron chi connectivity index (χ3n) is 3.31. The molecule has 0 spiro atoms. The van der Waals surface area contributed by atoms with Gasteiger partial charge in [-0.25, -0.2) is 10.4 Å². The van der Waals surface area contributed by atoms with Crippen molar-refractivity contribution in [3.8, 4) is 11.5 Å². The van der Waals surface area contributed by atoms with E-state index in [0.717, 1.165) is 16.6 Å². The van der Waals surface area contributed by atoms with Gasteiger partial charge in [-0.05, 0) is 36.8 Å². The van der Waals surface area contributed by atoms with Crippen LogP contribution in [-0.2, 0) is 0 Å². The summed E-state index contributed by atoms with van der Waals surface area (Å²) in [5.41, 5.74) is 5.48. The van der Waals surface area contributed by atoms with Gasteiger partial charge in [0.2, 0.25) is 5.95 Å². The number of fused-ring (bicyclic) bond motifs is 1. The molecule has 2 aromatic carbocycles. The zero-order chi connectivity index (χ0) is 16.9. The molecule has 0 atom stereocenters. The summed E-state index contributed by atoms with van der Waals surface area (Å²) in [6, 6.07) is 11.3. The Balaban J connectivity index is 1.78. The van der Waals surface area contributed by atoms with Gasteiger partial charge in [0.05, 0.1) is 36.0 Å². The Kier molecular flexibility index (Phi) is 4.86. The van der Waals surface area contributed by atoms with Gasteiger partial charge in [0.25, 0.3) is 0 Å². The molecule has 0 fully saturated rings. The van der Waals surface area contributed by atoms with Crippen LogP contribution in [0.15, 0.2) is 41.5 Å². The number of hydrazone groups is 1. The summed E-state index contributed by atoms with van der Waals surface area (Å²) in [5.74, 6) is 1.66. The standard InChI is InChI=1S/C17H17ClN4O2/c1-3-24-15-9-11(8-12(18)16(15)23-2)10-19-22-17-20-13-6-4-5-7-14(13)21-17/h4-10H,3H2,1-2H3,(H2,20,21,22)/b19-10-. The topological polar surface area (TPSA) is 71.5 Å². The molecule has 0 amide bonds. The van der Waals surface area contributed by atoms with Crippen LogP contribution in [0.4, 0.5) is 5.95 Å². The van der Waals surface area contributed by atoms with Crippen molar-refractivity contribution in [1.82, 2.24) is 9.97 Å². The number of benzene rings is 2. The number of imidazole rings is 1. The van der Waals surface area contributed by atoms with Gasteiger partial charge in [0, 0.05) is 0 Å². The van der Waals surface area contributed by atoms with Crippen molar-refractivity contribution in [2.24, 2.45) is 5.10 Å². The van der Waals surface area contributed by atoms with E-state index in [2.05, 4.69) is 20.5 Å². The van der Waals surface area contributed by atoms with Gasteiger partial charge in [-0.15, -0.1) is 0 Å². The Bertz CT molecular complexity index is 843. The van der Waals surface area contributed by atoms with Crippen molar-refractivity contribution in [3.63, 3.8) is 0 Å². The highest BCUT2D eigenvalue weighted by Crippen LogP contribution is 2.35. The first kappa shape index (κ1) is 16.1. The van der Waals surface area contributed by atoms with Crippen molar-refractivity contribution in [2.75, 3.05) is 19.1 Å². The van der Waals surface area contributed by atoms with Gasteiger partial charge in [0.15, 0.2) is 11.5 Å². The van der Waals surface area contributed by atoms with Crippen LogP contribution in [-0.4, -0.2) is 29.9 Å². The summed E-state index contributed by atoms with van der Waals surface area (Å²) in [5, 5.41) is 4.65. The van der Waals surface area contributed by atoms with Crippen LogP contribution >= 0.6 is 11.6 Å². The largest absolute Gasteiger partial charge is 0.491 e. The Morgan fingerprint density at radius 3 is 2.92 bits per heavy atom. The number of H-pyrrole nitrogens is 1. The Hall–Kier alpha value is -2.73. The molecule has 0 aliphatic heterocycles. The number of ether oxygens (including phenoxy) is 2. The second kappa shape index (κ2) is 7.23. The molecule has 6 nitrogen and oxygen atoms in total. The van der Waals surface area contributed by atoms with Crippen molar-refractivity contribution in [2.45, 2.75) is 6.92 Å². The zero-order valence-electron chi connectivity index (χ0n) is 13.3. The van der Waals surface area contributed by atoms with Gasteiger partial charge in [0.1, 0.15) is 0 Å². The van der Waals surface area contributed by atoms with Gasteiger partial charge >= 0.3 is 0 Å². The molecule has 1 aromatic heterocycles. The van der Waals surface area contributed by atoms with Crippen LogP contribution in [0.5, 0.6) is 11.5 Å². The minimum atomic E-state index is 0.466. The average Bonchev–Trinajstić information content (AvgIpc) is 2.98. The number of halogens is 1. The highest BCUT2D eigenvalue weighted by Gasteiger charge is 2.10. The fraction of sp³-hybridized carbons (Fsp3) is 0.176. The molecule has 3 aromatic rings. The summed E-state index contributed by atoms with van der Waals surface area (Å²) in [6.07, 6.45) is 1.64. The zero-order valence-corrected chi connectivity index (χ0v) is 14.1. The minimum Gasteiger partial charge on any atom is -0.491 e. The smallest absolute Gasteiger partial charge is 0.222 e. The second-order valence-electron chi connectivity index (χ2n) is 4.94. The second-order valence-corrected chi connectivity index (χ2v) is 5.35. The molecule has 3 rings (SSSR count). The van der Waals surface area contributed by atoms with E-state index >= 15 is 0 Å². The van der Waals surface area contributed by atoms with Crippen molar-refractivity contribution in [1.29, 1.82) is 0 Å². The van der Waals surface area contributed by atoms with Crippen LogP contribution in [0, 0.1) is 0 Å². The summed E-state index contributed by atoms with van der Waals surface area (Å²) in [6.45, 7) is 2.42. The maximum Gasteiger partial charge on any atom is 0.222 e. The van der Waals surface area contributed by atoms with Crippen LogP contribution < -0.4 is 14.9 Å². The SMILES string of the molecule is CCOc1cc(/C=N\Nc2nc3ccccc3[nH]2)cc(Cl)c1OC. The molecule has 0 aliphatic carbocycles. The van der Waals surface area contributed by atoms with Crippen LogP contribution in [0.1, 0.15) is 12.5 Å². The van der Waals surface area contributed by atoms with E-state index in [0.29, 0.717) is 29.1 Å². The van der Waals surface area contributed by atoms with Crippen molar-refractivity contribution >= 4 is 34.8 Å². The molecule has 7 heteroatoms. The fourth-order valence-electron chi connectivity index (χ4n) is 2.30. The van der Waals surface area contributed by atoms with E-state index in [9.17, 15) is 0 Å². The number of para-hydroxylation sites is 2. The Morgan fingerprint density at radius 1 is 1.33 bits per heavy atom. The summed E-state index contributed by atoms with van der Waals surface area (Å²) < 4.78 is 10.8. The molecule has 124 valence electrons. The lowest BCUT2D eigenvalue weighted by Crippen LogP contribution is -1.98. The molecule has 0 bridgehead atoms. The predicted octanol–water partition coefficient (Wildman–Crippen LogP) is 4.07. The lowest BCUT2D eigenvalue weighted by atomic mass is 10.2. The van der Waals surface area contributed by atoms with E-state index in [1.165, 1.54) is 0 Å². The van der Waals surface area contributed by atoms with Gasteiger partial charge in [-0.2, -0.15) is 5.10 Å². The lowest BCUT2D eigenvalue weighted by Gasteiger charge is -2.11. The Morgan fingerprint density at radius 2 is 2.17 bits per heavy atom. The fourth-order valence-corrected chi connectivity index (χ4v) is 2.59. The van der Waals surface area contributed by atoms with Crippen LogP contribution in [0.25, 0.3) is 11.0 Å². The first-order valence-corrected chi connectivity index (χ1v) is 7.83. The molecule has 1 heterocycles. The number of anilines is 1. The van der Waals surface area contributed by atoms with E-state index in [1.54, 1.807) is 19.4 Å². The number of nitrogens with one attached hydrogen (secondary N) is 2. The normalized spacial score (nSPS) is 11.1. The number of aromatic amines is 1. The quantitative estimate of drug-likeness (QED) is 0.522. The third-order valence-corrected chi connectivity index (χ3v) is 3.59. The monoisotopic (exact) mass is 344 g/mol. The lowest BCUT2D eigenvalue weighted by molar-refractivity contribution is 0.311. The van der Waals surface area contributed by atoms with Crippen molar-refractivity contribution in [3.05, 3.63) is 47.0 Å². The first-order chi connectivity index (χ1) is 11.7. The number of hydrogen-bond acceptors (Lipinski definition) is 5. The average molecular weight is 345 g/mol. The van der Waals surface area contributed by atoms with Gasteiger partial charge in [-0.3, -0.25) is 0 Å². The summed E-state index contributed by atoms with van der Waals surface area (Å²) >= 11 is 6.21. The molecule has 24 heavy (non-hydrogen) atoms. The van der Waals surface area contributed by atoms with E-state index in [4.69, 9.17) is 21.1 Å². The molecule has 2 N–H and O–H groups in total. The number of rotatable bonds is 6. The third kappa shape index (κ3) is 3.44. The molecule has 0 saturated heterocycles. The number of nitrogens with zero attached hydrogens (tertiary/aromatic N) is 2. The van der Waals surface area contributed by atoms with Gasteiger partial charge in [-0.1, -0.05) is 23.7 Å². The van der Waals surface area contributed by atoms with Crippen LogP contribution in [0.2, 0.25) is 5.02 Å². The molecular weight excluding hydrogens is 328 g/mol. The maximum absolute atomic E-state index is 6.21. The number of methoxy groups -OCH3 is 1. The van der Waals surface area contributed by atoms with E-state index in [1.807, 2.05) is 37.3 Å². The highest BCUT2D eigenvalue weighted by molar-refractivity contribution is 6.32. The maximum atomic E-state index is 6.21. The molecule has 0 aliphatic rings. The molecule has 0 saturated carbocycles.